The van der Waals surface area contributed by atoms with E-state index >= 15 is 0 Å². The zero-order valence-corrected chi connectivity index (χ0v) is 18.8. The first-order valence-electron chi connectivity index (χ1n) is 10.9. The minimum absolute atomic E-state index is 0.143. The highest BCUT2D eigenvalue weighted by Gasteiger charge is 2.19. The van der Waals surface area contributed by atoms with Crippen molar-refractivity contribution < 1.29 is 4.79 Å². The zero-order valence-electron chi connectivity index (χ0n) is 17.9. The lowest BCUT2D eigenvalue weighted by Crippen LogP contribution is -2.23. The molecule has 4 nitrogen and oxygen atoms in total. The van der Waals surface area contributed by atoms with E-state index in [2.05, 4.69) is 72.3 Å². The highest BCUT2D eigenvalue weighted by Crippen LogP contribution is 2.36. The number of hydrogen-bond acceptors (Lipinski definition) is 3. The Kier molecular flexibility index (Phi) is 8.57. The molecule has 1 heterocycles. The molecule has 1 N–H and O–H groups in total. The van der Waals surface area contributed by atoms with E-state index in [1.807, 2.05) is 12.1 Å². The van der Waals surface area contributed by atoms with Gasteiger partial charge in [-0.15, -0.1) is 0 Å². The highest BCUT2D eigenvalue weighted by atomic mass is 32.2. The summed E-state index contributed by atoms with van der Waals surface area (Å²) in [5, 5.41) is 3.98. The standard InChI is InChI=1S/C25H31N3OS/c1-3-17-26-22(29)16-11-19-30-25-27-23(20-12-7-5-8-13-20)24(28(25)18-4-2)21-14-9-6-10-15-21/h5-10,12-15H,3-4,11,16-19H2,1-2H3,(H,26,29). The second-order valence-corrected chi connectivity index (χ2v) is 8.34. The lowest BCUT2D eigenvalue weighted by molar-refractivity contribution is -0.121. The van der Waals surface area contributed by atoms with Crippen LogP contribution in [0.2, 0.25) is 0 Å². The van der Waals surface area contributed by atoms with Crippen molar-refractivity contribution in [2.24, 2.45) is 0 Å². The van der Waals surface area contributed by atoms with Crippen LogP contribution in [0.25, 0.3) is 22.5 Å². The van der Waals surface area contributed by atoms with Crippen molar-refractivity contribution in [1.29, 1.82) is 0 Å². The summed E-state index contributed by atoms with van der Waals surface area (Å²) in [6.45, 7) is 5.94. The Balaban J connectivity index is 1.86. The van der Waals surface area contributed by atoms with Crippen LogP contribution < -0.4 is 5.32 Å². The average Bonchev–Trinajstić information content (AvgIpc) is 3.15. The number of nitrogens with one attached hydrogen (secondary N) is 1. The van der Waals surface area contributed by atoms with Crippen LogP contribution >= 0.6 is 11.8 Å². The molecule has 0 saturated carbocycles. The van der Waals surface area contributed by atoms with E-state index in [9.17, 15) is 4.79 Å². The van der Waals surface area contributed by atoms with Gasteiger partial charge in [-0.05, 0) is 19.3 Å². The van der Waals surface area contributed by atoms with Crippen LogP contribution in [0, 0.1) is 0 Å². The molecular weight excluding hydrogens is 390 g/mol. The van der Waals surface area contributed by atoms with E-state index in [1.165, 1.54) is 11.3 Å². The summed E-state index contributed by atoms with van der Waals surface area (Å²) in [6, 6.07) is 20.9. The van der Waals surface area contributed by atoms with E-state index < -0.39 is 0 Å². The van der Waals surface area contributed by atoms with Crippen molar-refractivity contribution in [3.8, 4) is 22.5 Å². The fourth-order valence-electron chi connectivity index (χ4n) is 3.41. The quantitative estimate of drug-likeness (QED) is 0.304. The van der Waals surface area contributed by atoms with Gasteiger partial charge in [0.1, 0.15) is 0 Å². The molecule has 0 atom stereocenters. The van der Waals surface area contributed by atoms with E-state index in [-0.39, 0.29) is 5.91 Å². The van der Waals surface area contributed by atoms with Crippen molar-refractivity contribution in [3.63, 3.8) is 0 Å². The first-order chi connectivity index (χ1) is 14.7. The summed E-state index contributed by atoms with van der Waals surface area (Å²) in [7, 11) is 0. The third-order valence-corrected chi connectivity index (χ3v) is 5.89. The molecule has 0 spiro atoms. The second-order valence-electron chi connectivity index (χ2n) is 7.28. The molecule has 0 saturated heterocycles. The third-order valence-electron chi connectivity index (χ3n) is 4.83. The third kappa shape index (κ3) is 5.76. The smallest absolute Gasteiger partial charge is 0.220 e. The second kappa shape index (κ2) is 11.6. The summed E-state index contributed by atoms with van der Waals surface area (Å²) in [5.74, 6) is 1.02. The van der Waals surface area contributed by atoms with Crippen LogP contribution in [0.3, 0.4) is 0 Å². The predicted molar refractivity (Wildman–Crippen MR) is 127 cm³/mol. The molecule has 1 amide bonds. The lowest BCUT2D eigenvalue weighted by atomic mass is 10.0. The van der Waals surface area contributed by atoms with E-state index in [0.717, 1.165) is 54.5 Å². The molecule has 30 heavy (non-hydrogen) atoms. The molecule has 0 aliphatic carbocycles. The molecule has 0 aliphatic rings. The van der Waals surface area contributed by atoms with Crippen LogP contribution in [0.15, 0.2) is 65.8 Å². The summed E-state index contributed by atoms with van der Waals surface area (Å²) in [4.78, 5) is 16.9. The highest BCUT2D eigenvalue weighted by molar-refractivity contribution is 7.99. The number of nitrogens with zero attached hydrogens (tertiary/aromatic N) is 2. The van der Waals surface area contributed by atoms with Crippen molar-refractivity contribution in [3.05, 3.63) is 60.7 Å². The van der Waals surface area contributed by atoms with Crippen molar-refractivity contribution in [2.75, 3.05) is 12.3 Å². The minimum atomic E-state index is 0.143. The number of rotatable bonds is 11. The Hall–Kier alpha value is -2.53. The number of hydrogen-bond donors (Lipinski definition) is 1. The lowest BCUT2D eigenvalue weighted by Gasteiger charge is -2.12. The maximum atomic E-state index is 11.9. The van der Waals surface area contributed by atoms with Gasteiger partial charge in [-0.2, -0.15) is 0 Å². The molecule has 3 aromatic rings. The molecule has 0 bridgehead atoms. The maximum absolute atomic E-state index is 11.9. The number of aromatic nitrogens is 2. The summed E-state index contributed by atoms with van der Waals surface area (Å²) in [6.07, 6.45) is 3.43. The van der Waals surface area contributed by atoms with Gasteiger partial charge < -0.3 is 9.88 Å². The molecule has 2 aromatic carbocycles. The monoisotopic (exact) mass is 421 g/mol. The molecule has 0 radical (unpaired) electrons. The number of carbonyl (C=O) groups is 1. The number of amides is 1. The number of benzene rings is 2. The van der Waals surface area contributed by atoms with Gasteiger partial charge in [0.2, 0.25) is 5.91 Å². The van der Waals surface area contributed by atoms with Gasteiger partial charge in [-0.25, -0.2) is 4.98 Å². The SMILES string of the molecule is CCCNC(=O)CCCSc1nc(-c2ccccc2)c(-c2ccccc2)n1CCC. The molecular formula is C25H31N3OS. The molecule has 0 aliphatic heterocycles. The molecule has 3 rings (SSSR count). The Morgan fingerprint density at radius 3 is 2.27 bits per heavy atom. The largest absolute Gasteiger partial charge is 0.356 e. The Bertz CT molecular complexity index is 922. The Morgan fingerprint density at radius 2 is 1.63 bits per heavy atom. The normalized spacial score (nSPS) is 10.9. The fraction of sp³-hybridized carbons (Fsp3) is 0.360. The maximum Gasteiger partial charge on any atom is 0.220 e. The number of thioether (sulfide) groups is 1. The van der Waals surface area contributed by atoms with E-state index in [0.29, 0.717) is 6.42 Å². The van der Waals surface area contributed by atoms with Crippen molar-refractivity contribution in [1.82, 2.24) is 14.9 Å². The van der Waals surface area contributed by atoms with Gasteiger partial charge in [-0.3, -0.25) is 4.79 Å². The first-order valence-corrected chi connectivity index (χ1v) is 11.8. The van der Waals surface area contributed by atoms with Crippen LogP contribution in [-0.4, -0.2) is 27.8 Å². The van der Waals surface area contributed by atoms with Gasteiger partial charge in [0.05, 0.1) is 11.4 Å². The van der Waals surface area contributed by atoms with Gasteiger partial charge >= 0.3 is 0 Å². The van der Waals surface area contributed by atoms with Crippen molar-refractivity contribution >= 4 is 17.7 Å². The summed E-state index contributed by atoms with van der Waals surface area (Å²) >= 11 is 1.75. The molecule has 1 aromatic heterocycles. The van der Waals surface area contributed by atoms with Crippen LogP contribution in [0.5, 0.6) is 0 Å². The number of carbonyl (C=O) groups excluding carboxylic acids is 1. The van der Waals surface area contributed by atoms with E-state index in [1.54, 1.807) is 11.8 Å². The first kappa shape index (κ1) is 22.2. The molecule has 0 fully saturated rings. The average molecular weight is 422 g/mol. The van der Waals surface area contributed by atoms with Crippen molar-refractivity contribution in [2.45, 2.75) is 51.2 Å². The molecule has 158 valence electrons. The molecule has 0 unspecified atom stereocenters. The van der Waals surface area contributed by atoms with E-state index in [4.69, 9.17) is 4.98 Å². The Labute approximate surface area is 184 Å². The van der Waals surface area contributed by atoms with Gasteiger partial charge in [0.15, 0.2) is 5.16 Å². The van der Waals surface area contributed by atoms with Crippen LogP contribution in [0.4, 0.5) is 0 Å². The Morgan fingerprint density at radius 1 is 0.967 bits per heavy atom. The minimum Gasteiger partial charge on any atom is -0.356 e. The van der Waals surface area contributed by atoms with Crippen LogP contribution in [-0.2, 0) is 11.3 Å². The number of imidazole rings is 1. The summed E-state index contributed by atoms with van der Waals surface area (Å²) in [5.41, 5.74) is 4.51. The van der Waals surface area contributed by atoms with Gasteiger partial charge in [0, 0.05) is 36.4 Å². The zero-order chi connectivity index (χ0) is 21.2. The summed E-state index contributed by atoms with van der Waals surface area (Å²) < 4.78 is 2.35. The topological polar surface area (TPSA) is 46.9 Å². The predicted octanol–water partition coefficient (Wildman–Crippen LogP) is 6.03. The van der Waals surface area contributed by atoms with Gasteiger partial charge in [-0.1, -0.05) is 86.3 Å². The molecule has 5 heteroatoms. The van der Waals surface area contributed by atoms with Gasteiger partial charge in [0.25, 0.3) is 0 Å². The van der Waals surface area contributed by atoms with Crippen LogP contribution in [0.1, 0.15) is 39.5 Å². The fourth-order valence-corrected chi connectivity index (χ4v) is 4.37.